The molecule has 2 unspecified atom stereocenters. The van der Waals surface area contributed by atoms with Crippen molar-refractivity contribution in [3.05, 3.63) is 30.3 Å². The lowest BCUT2D eigenvalue weighted by atomic mass is 10.0. The van der Waals surface area contributed by atoms with Gasteiger partial charge in [0.25, 0.3) is 0 Å². The highest BCUT2D eigenvalue weighted by Gasteiger charge is 2.24. The van der Waals surface area contributed by atoms with Crippen LogP contribution in [0.2, 0.25) is 0 Å². The molecule has 2 aliphatic rings. The number of nitrogens with one attached hydrogen (secondary N) is 2. The number of benzene rings is 1. The third-order valence-corrected chi connectivity index (χ3v) is 5.80. The number of hydrogen-bond donors (Lipinski definition) is 2. The van der Waals surface area contributed by atoms with E-state index in [0.717, 1.165) is 64.7 Å². The summed E-state index contributed by atoms with van der Waals surface area (Å²) in [5.74, 6) is 0.952. The summed E-state index contributed by atoms with van der Waals surface area (Å²) in [4.78, 5) is 9.88. The maximum absolute atomic E-state index is 5.56. The fourth-order valence-electron chi connectivity index (χ4n) is 4.16. The first-order valence-corrected chi connectivity index (χ1v) is 10.9. The van der Waals surface area contributed by atoms with Crippen molar-refractivity contribution in [3.8, 4) is 0 Å². The van der Waals surface area contributed by atoms with Gasteiger partial charge in [-0.25, -0.2) is 0 Å². The molecule has 0 spiro atoms. The summed E-state index contributed by atoms with van der Waals surface area (Å²) < 4.78 is 5.56. The van der Waals surface area contributed by atoms with E-state index < -0.39 is 0 Å². The molecule has 6 nitrogen and oxygen atoms in total. The van der Waals surface area contributed by atoms with Gasteiger partial charge in [-0.2, -0.15) is 0 Å². The van der Waals surface area contributed by atoms with Gasteiger partial charge in [0.05, 0.1) is 19.8 Å². The zero-order valence-corrected chi connectivity index (χ0v) is 17.7. The number of anilines is 1. The second-order valence-electron chi connectivity index (χ2n) is 7.97. The maximum atomic E-state index is 5.56. The molecule has 0 amide bonds. The number of aliphatic imine (C=N–C) groups is 1. The number of rotatable bonds is 6. The minimum Gasteiger partial charge on any atom is -0.379 e. The van der Waals surface area contributed by atoms with E-state index in [9.17, 15) is 0 Å². The molecule has 2 aliphatic heterocycles. The quantitative estimate of drug-likeness (QED) is 0.580. The molecule has 1 aromatic rings. The summed E-state index contributed by atoms with van der Waals surface area (Å²) in [6.45, 7) is 13.2. The lowest BCUT2D eigenvalue weighted by Crippen LogP contribution is -2.51. The van der Waals surface area contributed by atoms with E-state index in [1.165, 1.54) is 5.69 Å². The Morgan fingerprint density at radius 3 is 2.64 bits per heavy atom. The number of hydrogen-bond acceptors (Lipinski definition) is 4. The van der Waals surface area contributed by atoms with E-state index >= 15 is 0 Å². The Morgan fingerprint density at radius 1 is 1.21 bits per heavy atom. The molecule has 2 saturated heterocycles. The number of para-hydroxylation sites is 1. The summed E-state index contributed by atoms with van der Waals surface area (Å²) in [6, 6.07) is 12.1. The van der Waals surface area contributed by atoms with Crippen LogP contribution in [-0.4, -0.2) is 74.9 Å². The molecule has 1 aromatic carbocycles. The first-order valence-electron chi connectivity index (χ1n) is 10.9. The molecule has 28 heavy (non-hydrogen) atoms. The van der Waals surface area contributed by atoms with Crippen molar-refractivity contribution < 1.29 is 4.74 Å². The highest BCUT2D eigenvalue weighted by atomic mass is 16.5. The van der Waals surface area contributed by atoms with Crippen LogP contribution >= 0.6 is 0 Å². The largest absolute Gasteiger partial charge is 0.379 e. The minimum atomic E-state index is 0.425. The summed E-state index contributed by atoms with van der Waals surface area (Å²) >= 11 is 0. The predicted octanol–water partition coefficient (Wildman–Crippen LogP) is 2.32. The first kappa shape index (κ1) is 20.9. The average molecular weight is 388 g/mol. The molecule has 0 bridgehead atoms. The van der Waals surface area contributed by atoms with E-state index in [1.54, 1.807) is 0 Å². The van der Waals surface area contributed by atoms with Crippen LogP contribution in [0.1, 0.15) is 33.6 Å². The first-order chi connectivity index (χ1) is 13.7. The van der Waals surface area contributed by atoms with Crippen LogP contribution in [0.15, 0.2) is 35.3 Å². The normalized spacial score (nSPS) is 23.5. The standard InChI is InChI=1S/C22H37N5O/c1-4-23-22(24-16-18(2)27-14-15-28-17-19(27)3)25-20-10-12-26(13-11-20)21-8-6-5-7-9-21/h5-9,18-20H,4,10-17H2,1-3H3,(H2,23,24,25). The lowest BCUT2D eigenvalue weighted by Gasteiger charge is -2.37. The Kier molecular flexibility index (Phi) is 7.98. The molecule has 0 saturated carbocycles. The minimum absolute atomic E-state index is 0.425. The van der Waals surface area contributed by atoms with Crippen molar-refractivity contribution in [1.82, 2.24) is 15.5 Å². The van der Waals surface area contributed by atoms with E-state index in [-0.39, 0.29) is 0 Å². The Labute approximate surface area is 170 Å². The highest BCUT2D eigenvalue weighted by Crippen LogP contribution is 2.19. The number of guanidine groups is 1. The van der Waals surface area contributed by atoms with Crippen LogP contribution in [-0.2, 0) is 4.74 Å². The third-order valence-electron chi connectivity index (χ3n) is 5.80. The van der Waals surface area contributed by atoms with Crippen LogP contribution in [0.5, 0.6) is 0 Å². The second kappa shape index (κ2) is 10.7. The molecule has 3 rings (SSSR count). The van der Waals surface area contributed by atoms with Crippen molar-refractivity contribution in [3.63, 3.8) is 0 Å². The number of piperidine rings is 1. The zero-order valence-electron chi connectivity index (χ0n) is 17.7. The molecule has 0 radical (unpaired) electrons. The SMILES string of the molecule is CCNC(=NCC(C)N1CCOCC1C)NC1CCN(c2ccccc2)CC1. The monoisotopic (exact) mass is 387 g/mol. The fraction of sp³-hybridized carbons (Fsp3) is 0.682. The van der Waals surface area contributed by atoms with Gasteiger partial charge in [0.15, 0.2) is 5.96 Å². The zero-order chi connectivity index (χ0) is 19.8. The average Bonchev–Trinajstić information content (AvgIpc) is 2.73. The van der Waals surface area contributed by atoms with E-state index in [0.29, 0.717) is 18.1 Å². The Hall–Kier alpha value is -1.79. The van der Waals surface area contributed by atoms with Gasteiger partial charge in [0.1, 0.15) is 0 Å². The Morgan fingerprint density at radius 2 is 1.96 bits per heavy atom. The van der Waals surface area contributed by atoms with Gasteiger partial charge in [-0.3, -0.25) is 9.89 Å². The fourth-order valence-corrected chi connectivity index (χ4v) is 4.16. The Bertz CT molecular complexity index is 600. The number of morpholine rings is 1. The van der Waals surface area contributed by atoms with Gasteiger partial charge in [-0.05, 0) is 45.7 Å². The smallest absolute Gasteiger partial charge is 0.191 e. The summed E-state index contributed by atoms with van der Waals surface area (Å²) in [7, 11) is 0. The van der Waals surface area contributed by atoms with Gasteiger partial charge < -0.3 is 20.3 Å². The van der Waals surface area contributed by atoms with Gasteiger partial charge in [0.2, 0.25) is 0 Å². The molecule has 156 valence electrons. The molecule has 2 N–H and O–H groups in total. The molecular formula is C22H37N5O. The molecule has 2 atom stereocenters. The molecule has 2 fully saturated rings. The highest BCUT2D eigenvalue weighted by molar-refractivity contribution is 5.80. The van der Waals surface area contributed by atoms with Gasteiger partial charge in [-0.15, -0.1) is 0 Å². The lowest BCUT2D eigenvalue weighted by molar-refractivity contribution is -0.0165. The van der Waals surface area contributed by atoms with Crippen molar-refractivity contribution >= 4 is 11.6 Å². The Balaban J connectivity index is 1.49. The van der Waals surface area contributed by atoms with Crippen LogP contribution in [0.25, 0.3) is 0 Å². The molecular weight excluding hydrogens is 350 g/mol. The third kappa shape index (κ3) is 5.85. The summed E-state index contributed by atoms with van der Waals surface area (Å²) in [5, 5.41) is 7.09. The van der Waals surface area contributed by atoms with Gasteiger partial charge in [0, 0.05) is 50.0 Å². The van der Waals surface area contributed by atoms with E-state index in [4.69, 9.17) is 9.73 Å². The molecule has 0 aromatic heterocycles. The second-order valence-corrected chi connectivity index (χ2v) is 7.97. The molecule has 0 aliphatic carbocycles. The van der Waals surface area contributed by atoms with E-state index in [2.05, 4.69) is 71.5 Å². The number of ether oxygens (including phenoxy) is 1. The van der Waals surface area contributed by atoms with Crippen molar-refractivity contribution in [2.75, 3.05) is 50.8 Å². The molecule has 6 heteroatoms. The topological polar surface area (TPSA) is 52.1 Å². The van der Waals surface area contributed by atoms with Gasteiger partial charge in [-0.1, -0.05) is 18.2 Å². The summed E-state index contributed by atoms with van der Waals surface area (Å²) in [6.07, 6.45) is 2.27. The van der Waals surface area contributed by atoms with Crippen molar-refractivity contribution in [2.45, 2.75) is 51.7 Å². The van der Waals surface area contributed by atoms with Crippen LogP contribution in [0.3, 0.4) is 0 Å². The summed E-state index contributed by atoms with van der Waals surface area (Å²) in [5.41, 5.74) is 1.33. The van der Waals surface area contributed by atoms with Crippen LogP contribution in [0.4, 0.5) is 5.69 Å². The maximum Gasteiger partial charge on any atom is 0.191 e. The van der Waals surface area contributed by atoms with Crippen LogP contribution in [0, 0.1) is 0 Å². The van der Waals surface area contributed by atoms with Crippen LogP contribution < -0.4 is 15.5 Å². The van der Waals surface area contributed by atoms with Crippen molar-refractivity contribution in [1.29, 1.82) is 0 Å². The van der Waals surface area contributed by atoms with Gasteiger partial charge >= 0.3 is 0 Å². The van der Waals surface area contributed by atoms with E-state index in [1.807, 2.05) is 0 Å². The predicted molar refractivity (Wildman–Crippen MR) is 117 cm³/mol. The van der Waals surface area contributed by atoms with Crippen molar-refractivity contribution in [2.24, 2.45) is 4.99 Å². The number of nitrogens with zero attached hydrogens (tertiary/aromatic N) is 3. The molecule has 2 heterocycles.